The molecule has 0 bridgehead atoms. The van der Waals surface area contributed by atoms with E-state index in [1.807, 2.05) is 35.0 Å². The smallest absolute Gasteiger partial charge is 0.319 e. The number of imide groups is 1. The Balaban J connectivity index is 1.35. The van der Waals surface area contributed by atoms with Crippen molar-refractivity contribution in [3.05, 3.63) is 103 Å². The summed E-state index contributed by atoms with van der Waals surface area (Å²) in [5.41, 5.74) is 1.91. The average Bonchev–Trinajstić information content (AvgIpc) is 3.59. The first-order valence-electron chi connectivity index (χ1n) is 15.4. The highest BCUT2D eigenvalue weighted by molar-refractivity contribution is 6.99. The number of pyridine rings is 1. The number of rotatable bonds is 11. The van der Waals surface area contributed by atoms with Gasteiger partial charge in [-0.2, -0.15) is 4.98 Å². The lowest BCUT2D eigenvalue weighted by Gasteiger charge is -2.43. The quantitative estimate of drug-likeness (QED) is 0.128. The highest BCUT2D eigenvalue weighted by atomic mass is 28.4. The second-order valence-corrected chi connectivity index (χ2v) is 16.6. The van der Waals surface area contributed by atoms with Crippen LogP contribution < -0.4 is 25.2 Å². The fourth-order valence-electron chi connectivity index (χ4n) is 6.46. The van der Waals surface area contributed by atoms with E-state index in [1.54, 1.807) is 6.20 Å². The van der Waals surface area contributed by atoms with Crippen molar-refractivity contribution < 1.29 is 23.5 Å². The molecule has 4 heterocycles. The molecule has 10 nitrogen and oxygen atoms in total. The highest BCUT2D eigenvalue weighted by Gasteiger charge is 2.50. The second kappa shape index (κ2) is 12.9. The molecule has 0 aliphatic carbocycles. The van der Waals surface area contributed by atoms with Crippen LogP contribution in [0.3, 0.4) is 0 Å². The zero-order valence-electron chi connectivity index (χ0n) is 27.1. The predicted molar refractivity (Wildman–Crippen MR) is 183 cm³/mol. The van der Waals surface area contributed by atoms with Crippen LogP contribution >= 0.6 is 0 Å². The van der Waals surface area contributed by atoms with Gasteiger partial charge in [0.15, 0.2) is 0 Å². The SMILES string of the molecule is COc1ncc(C2=C(c3cn(CCCO[Si](c4ccccc4)(c4ccccc4)C(C)(C)C)c4ncccc34)C(=O)NC2=O)c(OC)n1. The van der Waals surface area contributed by atoms with Gasteiger partial charge in [0.2, 0.25) is 5.88 Å². The molecular formula is C36H37N5O5Si. The molecule has 0 radical (unpaired) electrons. The number of nitrogens with one attached hydrogen (secondary N) is 1. The minimum absolute atomic E-state index is 0.0820. The average molecular weight is 648 g/mol. The van der Waals surface area contributed by atoms with Crippen molar-refractivity contribution in [2.75, 3.05) is 20.8 Å². The summed E-state index contributed by atoms with van der Waals surface area (Å²) in [6.07, 6.45) is 5.72. The first kappa shape index (κ1) is 31.8. The van der Waals surface area contributed by atoms with Crippen LogP contribution in [0, 0.1) is 0 Å². The van der Waals surface area contributed by atoms with Crippen LogP contribution in [0.2, 0.25) is 5.04 Å². The molecule has 0 fully saturated rings. The first-order chi connectivity index (χ1) is 22.7. The number of hydrogen-bond donors (Lipinski definition) is 1. The first-order valence-corrected chi connectivity index (χ1v) is 17.3. The molecule has 1 aliphatic heterocycles. The van der Waals surface area contributed by atoms with Crippen molar-refractivity contribution in [1.29, 1.82) is 0 Å². The van der Waals surface area contributed by atoms with E-state index < -0.39 is 20.1 Å². The largest absolute Gasteiger partial charge is 0.480 e. The molecule has 0 saturated carbocycles. The van der Waals surface area contributed by atoms with Crippen LogP contribution in [0.4, 0.5) is 0 Å². The Kier molecular flexibility index (Phi) is 8.76. The van der Waals surface area contributed by atoms with Crippen molar-refractivity contribution >= 4 is 52.7 Å². The van der Waals surface area contributed by atoms with Crippen LogP contribution in [-0.4, -0.2) is 60.5 Å². The number of aryl methyl sites for hydroxylation is 1. The van der Waals surface area contributed by atoms with Crippen molar-refractivity contribution in [3.63, 3.8) is 0 Å². The van der Waals surface area contributed by atoms with Gasteiger partial charge < -0.3 is 18.5 Å². The van der Waals surface area contributed by atoms with Gasteiger partial charge in [-0.25, -0.2) is 9.97 Å². The van der Waals surface area contributed by atoms with E-state index in [4.69, 9.17) is 13.9 Å². The third-order valence-electron chi connectivity index (χ3n) is 8.49. The van der Waals surface area contributed by atoms with Crippen LogP contribution in [-0.2, 0) is 20.6 Å². The van der Waals surface area contributed by atoms with E-state index >= 15 is 0 Å². The lowest BCUT2D eigenvalue weighted by molar-refractivity contribution is -0.122. The Morgan fingerprint density at radius 1 is 0.809 bits per heavy atom. The van der Waals surface area contributed by atoms with Gasteiger partial charge in [0.25, 0.3) is 20.1 Å². The molecule has 11 heteroatoms. The Morgan fingerprint density at radius 3 is 2.04 bits per heavy atom. The number of amides is 2. The molecule has 0 saturated heterocycles. The summed E-state index contributed by atoms with van der Waals surface area (Å²) in [6.45, 7) is 7.88. The second-order valence-electron chi connectivity index (χ2n) is 12.3. The van der Waals surface area contributed by atoms with Crippen LogP contribution in [0.1, 0.15) is 38.3 Å². The fraction of sp³-hybridized carbons (Fsp3) is 0.250. The number of ether oxygens (including phenoxy) is 2. The maximum atomic E-state index is 13.3. The van der Waals surface area contributed by atoms with Crippen LogP contribution in [0.15, 0.2) is 91.4 Å². The fourth-order valence-corrected chi connectivity index (χ4v) is 11.1. The third-order valence-corrected chi connectivity index (χ3v) is 13.5. The van der Waals surface area contributed by atoms with Crippen LogP contribution in [0.25, 0.3) is 22.2 Å². The number of benzene rings is 2. The molecule has 3 aromatic heterocycles. The molecule has 6 rings (SSSR count). The Hall–Kier alpha value is -5.13. The molecule has 5 aromatic rings. The number of aromatic nitrogens is 4. The number of nitrogens with zero attached hydrogens (tertiary/aromatic N) is 4. The summed E-state index contributed by atoms with van der Waals surface area (Å²) < 4.78 is 19.7. The lowest BCUT2D eigenvalue weighted by Crippen LogP contribution is -2.66. The summed E-state index contributed by atoms with van der Waals surface area (Å²) in [5, 5.41) is 5.50. The normalized spacial score (nSPS) is 13.7. The molecule has 0 spiro atoms. The maximum absolute atomic E-state index is 13.3. The van der Waals surface area contributed by atoms with Crippen LogP contribution in [0.5, 0.6) is 11.9 Å². The highest BCUT2D eigenvalue weighted by Crippen LogP contribution is 2.39. The molecule has 2 aromatic carbocycles. The number of carbonyl (C=O) groups excluding carboxylic acids is 2. The Bertz CT molecular complexity index is 1930. The molecule has 1 N–H and O–H groups in total. The summed E-state index contributed by atoms with van der Waals surface area (Å²) in [6, 6.07) is 24.9. The summed E-state index contributed by atoms with van der Waals surface area (Å²) in [5.74, 6) is -0.946. The lowest BCUT2D eigenvalue weighted by atomic mass is 9.97. The van der Waals surface area contributed by atoms with Gasteiger partial charge >= 0.3 is 6.01 Å². The summed E-state index contributed by atoms with van der Waals surface area (Å²) >= 11 is 0. The van der Waals surface area contributed by atoms with E-state index in [0.29, 0.717) is 30.8 Å². The van der Waals surface area contributed by atoms with Gasteiger partial charge in [-0.05, 0) is 34.0 Å². The van der Waals surface area contributed by atoms with Gasteiger partial charge in [-0.15, -0.1) is 0 Å². The van der Waals surface area contributed by atoms with Gasteiger partial charge in [-0.3, -0.25) is 14.9 Å². The molecule has 0 unspecified atom stereocenters. The number of carbonyl (C=O) groups is 2. The van der Waals surface area contributed by atoms with E-state index in [2.05, 4.69) is 89.6 Å². The zero-order chi connectivity index (χ0) is 33.2. The molecule has 2 amide bonds. The van der Waals surface area contributed by atoms with Gasteiger partial charge in [0.05, 0.1) is 30.9 Å². The maximum Gasteiger partial charge on any atom is 0.319 e. The molecular weight excluding hydrogens is 611 g/mol. The van der Waals surface area contributed by atoms with Crippen molar-refractivity contribution in [3.8, 4) is 11.9 Å². The minimum atomic E-state index is -2.69. The Labute approximate surface area is 274 Å². The molecule has 47 heavy (non-hydrogen) atoms. The third kappa shape index (κ3) is 5.72. The molecule has 0 atom stereocenters. The van der Waals surface area contributed by atoms with Crippen molar-refractivity contribution in [2.24, 2.45) is 0 Å². The Morgan fingerprint density at radius 2 is 1.45 bits per heavy atom. The standard InChI is InChI=1S/C36H37N5O5Si/c1-36(2,3)47(24-14-8-6-9-15-24,25-16-10-7-11-17-25)46-21-13-20-41-23-28(26-18-12-19-37-31(26)41)30-29(32(42)39-33(30)43)27-22-38-35(45-5)40-34(27)44-4/h6-12,14-19,22-23H,13,20-21H2,1-5H3,(H,39,42,43). The predicted octanol–water partition coefficient (Wildman–Crippen LogP) is 4.38. The minimum Gasteiger partial charge on any atom is -0.480 e. The van der Waals surface area contributed by atoms with Gasteiger partial charge in [0.1, 0.15) is 5.65 Å². The number of hydrogen-bond acceptors (Lipinski definition) is 8. The number of methoxy groups -OCH3 is 2. The molecule has 1 aliphatic rings. The molecule has 240 valence electrons. The van der Waals surface area contributed by atoms with Gasteiger partial charge in [-0.1, -0.05) is 81.4 Å². The van der Waals surface area contributed by atoms with Crippen molar-refractivity contribution in [1.82, 2.24) is 24.8 Å². The number of fused-ring (bicyclic) bond motifs is 1. The van der Waals surface area contributed by atoms with E-state index in [1.165, 1.54) is 30.8 Å². The van der Waals surface area contributed by atoms with Crippen molar-refractivity contribution in [2.45, 2.75) is 38.8 Å². The topological polar surface area (TPSA) is 117 Å². The summed E-state index contributed by atoms with van der Waals surface area (Å²) in [4.78, 5) is 39.6. The van der Waals surface area contributed by atoms with Gasteiger partial charge in [0, 0.05) is 42.7 Å². The van der Waals surface area contributed by atoms with E-state index in [0.717, 1.165) is 5.39 Å². The monoisotopic (exact) mass is 647 g/mol. The zero-order valence-corrected chi connectivity index (χ0v) is 28.1. The van der Waals surface area contributed by atoms with E-state index in [-0.39, 0.29) is 33.6 Å². The summed E-state index contributed by atoms with van der Waals surface area (Å²) in [7, 11) is 0.180. The van der Waals surface area contributed by atoms with E-state index in [9.17, 15) is 9.59 Å².